The summed E-state index contributed by atoms with van der Waals surface area (Å²) in [4.78, 5) is 27.4. The number of carbonyl (C=O) groups excluding carboxylic acids is 1. The molecule has 1 atom stereocenters. The van der Waals surface area contributed by atoms with Crippen LogP contribution in [0.5, 0.6) is 0 Å². The minimum atomic E-state index is -0.0238. The molecule has 1 saturated heterocycles. The van der Waals surface area contributed by atoms with Gasteiger partial charge in [-0.15, -0.1) is 0 Å². The lowest BCUT2D eigenvalue weighted by molar-refractivity contribution is 0.0786. The molecule has 0 aliphatic carbocycles. The second-order valence-electron chi connectivity index (χ2n) is 7.13. The van der Waals surface area contributed by atoms with E-state index < -0.39 is 0 Å². The molecule has 1 aromatic carbocycles. The normalized spacial score (nSPS) is 16.3. The second-order valence-corrected chi connectivity index (χ2v) is 7.13. The lowest BCUT2D eigenvalue weighted by atomic mass is 9.97. The van der Waals surface area contributed by atoms with E-state index >= 15 is 0 Å². The molecule has 3 heterocycles. The lowest BCUT2D eigenvalue weighted by Crippen LogP contribution is -2.29. The third-order valence-electron chi connectivity index (χ3n) is 5.09. The van der Waals surface area contributed by atoms with Crippen LogP contribution in [0, 0.1) is 5.92 Å². The molecule has 6 heteroatoms. The van der Waals surface area contributed by atoms with Crippen LogP contribution in [-0.4, -0.2) is 44.0 Å². The van der Waals surface area contributed by atoms with Gasteiger partial charge in [-0.2, -0.15) is 0 Å². The Balaban J connectivity index is 1.39. The molecule has 4 rings (SSSR count). The Kier molecular flexibility index (Phi) is 5.39. The van der Waals surface area contributed by atoms with E-state index in [1.54, 1.807) is 24.8 Å². The fourth-order valence-electron chi connectivity index (χ4n) is 3.64. The van der Waals surface area contributed by atoms with Gasteiger partial charge in [-0.1, -0.05) is 24.3 Å². The van der Waals surface area contributed by atoms with Gasteiger partial charge in [0, 0.05) is 43.4 Å². The number of nitrogens with zero attached hydrogens (tertiary/aromatic N) is 4. The van der Waals surface area contributed by atoms with Gasteiger partial charge in [0.05, 0.1) is 12.2 Å². The zero-order valence-corrected chi connectivity index (χ0v) is 15.5. The Morgan fingerprint density at radius 2 is 1.93 bits per heavy atom. The Labute approximate surface area is 163 Å². The first kappa shape index (κ1) is 18.3. The van der Waals surface area contributed by atoms with E-state index in [0.717, 1.165) is 37.1 Å². The van der Waals surface area contributed by atoms with Crippen LogP contribution in [0.15, 0.2) is 61.2 Å². The van der Waals surface area contributed by atoms with E-state index in [2.05, 4.69) is 21.0 Å². The highest BCUT2D eigenvalue weighted by Gasteiger charge is 2.27. The summed E-state index contributed by atoms with van der Waals surface area (Å²) in [5.41, 5.74) is 3.47. The van der Waals surface area contributed by atoms with Gasteiger partial charge in [-0.05, 0) is 42.0 Å². The number of carbonyl (C=O) groups is 1. The van der Waals surface area contributed by atoms with E-state index in [1.165, 1.54) is 5.56 Å². The summed E-state index contributed by atoms with van der Waals surface area (Å²) >= 11 is 0. The van der Waals surface area contributed by atoms with Crippen LogP contribution in [0.2, 0.25) is 0 Å². The average Bonchev–Trinajstić information content (AvgIpc) is 3.22. The third-order valence-corrected chi connectivity index (χ3v) is 5.09. The number of likely N-dealkylation sites (tertiary alicyclic amines) is 1. The highest BCUT2D eigenvalue weighted by molar-refractivity contribution is 5.94. The fourth-order valence-corrected chi connectivity index (χ4v) is 3.64. The minimum absolute atomic E-state index is 0.0238. The van der Waals surface area contributed by atoms with Crippen LogP contribution in [0.25, 0.3) is 11.4 Å². The number of aliphatic hydroxyl groups is 1. The molecule has 142 valence electrons. The van der Waals surface area contributed by atoms with Crippen LogP contribution in [0.1, 0.15) is 27.9 Å². The van der Waals surface area contributed by atoms with Gasteiger partial charge < -0.3 is 10.0 Å². The van der Waals surface area contributed by atoms with Crippen molar-refractivity contribution < 1.29 is 9.90 Å². The van der Waals surface area contributed by atoms with Crippen molar-refractivity contribution in [3.63, 3.8) is 0 Å². The number of rotatable bonds is 5. The molecule has 1 N–H and O–H groups in total. The van der Waals surface area contributed by atoms with E-state index in [-0.39, 0.29) is 12.5 Å². The maximum atomic E-state index is 12.8. The topological polar surface area (TPSA) is 79.2 Å². The van der Waals surface area contributed by atoms with Crippen LogP contribution in [-0.2, 0) is 13.0 Å². The molecule has 0 spiro atoms. The molecule has 28 heavy (non-hydrogen) atoms. The first-order valence-electron chi connectivity index (χ1n) is 9.43. The van der Waals surface area contributed by atoms with Crippen molar-refractivity contribution in [2.24, 2.45) is 5.92 Å². The van der Waals surface area contributed by atoms with E-state index in [4.69, 9.17) is 0 Å². The van der Waals surface area contributed by atoms with Crippen molar-refractivity contribution >= 4 is 5.91 Å². The molecule has 0 bridgehead atoms. The summed E-state index contributed by atoms with van der Waals surface area (Å²) in [6.45, 7) is 1.53. The maximum absolute atomic E-state index is 12.8. The monoisotopic (exact) mass is 374 g/mol. The molecule has 0 saturated carbocycles. The Hall–Kier alpha value is -3.12. The summed E-state index contributed by atoms with van der Waals surface area (Å²) in [5.74, 6) is 0.963. The number of benzene rings is 1. The number of hydrogen-bond acceptors (Lipinski definition) is 5. The van der Waals surface area contributed by atoms with Gasteiger partial charge in [0.1, 0.15) is 0 Å². The molecule has 2 aromatic heterocycles. The third kappa shape index (κ3) is 4.07. The van der Waals surface area contributed by atoms with Crippen LogP contribution < -0.4 is 0 Å². The highest BCUT2D eigenvalue weighted by Crippen LogP contribution is 2.23. The standard InChI is InChI=1S/C22H22N4O2/c27-15-18-4-1-3-16(10-18)9-17-6-8-26(14-17)22(28)20-12-24-21(25-13-20)19-5-2-7-23-11-19/h1-5,7,10-13,17,27H,6,8-9,14-15H2/t17-/m0/s1. The summed E-state index contributed by atoms with van der Waals surface area (Å²) < 4.78 is 0. The number of hydrogen-bond donors (Lipinski definition) is 1. The molecule has 1 aliphatic rings. The van der Waals surface area contributed by atoms with Crippen LogP contribution in [0.3, 0.4) is 0 Å². The average molecular weight is 374 g/mol. The van der Waals surface area contributed by atoms with Gasteiger partial charge in [-0.25, -0.2) is 9.97 Å². The van der Waals surface area contributed by atoms with Crippen LogP contribution in [0.4, 0.5) is 0 Å². The van der Waals surface area contributed by atoms with Crippen molar-refractivity contribution in [3.8, 4) is 11.4 Å². The molecule has 6 nitrogen and oxygen atoms in total. The van der Waals surface area contributed by atoms with E-state index in [0.29, 0.717) is 17.3 Å². The largest absolute Gasteiger partial charge is 0.392 e. The van der Waals surface area contributed by atoms with Gasteiger partial charge in [-0.3, -0.25) is 9.78 Å². The molecular formula is C22H22N4O2. The predicted molar refractivity (Wildman–Crippen MR) is 105 cm³/mol. The number of pyridine rings is 1. The van der Waals surface area contributed by atoms with E-state index in [1.807, 2.05) is 35.2 Å². The quantitative estimate of drug-likeness (QED) is 0.743. The summed E-state index contributed by atoms with van der Waals surface area (Å²) in [7, 11) is 0. The van der Waals surface area contributed by atoms with Gasteiger partial charge in [0.25, 0.3) is 5.91 Å². The van der Waals surface area contributed by atoms with Gasteiger partial charge in [0.15, 0.2) is 5.82 Å². The van der Waals surface area contributed by atoms with Crippen LogP contribution >= 0.6 is 0 Å². The van der Waals surface area contributed by atoms with Crippen molar-refractivity contribution in [1.82, 2.24) is 19.9 Å². The molecular weight excluding hydrogens is 352 g/mol. The number of aliphatic hydroxyl groups excluding tert-OH is 1. The molecule has 0 unspecified atom stereocenters. The second kappa shape index (κ2) is 8.27. The SMILES string of the molecule is O=C(c1cnc(-c2cccnc2)nc1)N1CC[C@@H](Cc2cccc(CO)c2)C1. The van der Waals surface area contributed by atoms with Gasteiger partial charge >= 0.3 is 0 Å². The number of aromatic nitrogens is 3. The van der Waals surface area contributed by atoms with Crippen molar-refractivity contribution in [1.29, 1.82) is 0 Å². The van der Waals surface area contributed by atoms with Crippen molar-refractivity contribution in [3.05, 3.63) is 77.9 Å². The Bertz CT molecular complexity index is 944. The minimum Gasteiger partial charge on any atom is -0.392 e. The molecule has 1 aliphatic heterocycles. The summed E-state index contributed by atoms with van der Waals surface area (Å²) in [6.07, 6.45) is 8.47. The maximum Gasteiger partial charge on any atom is 0.257 e. The zero-order valence-electron chi connectivity index (χ0n) is 15.5. The van der Waals surface area contributed by atoms with E-state index in [9.17, 15) is 9.90 Å². The summed E-state index contributed by atoms with van der Waals surface area (Å²) in [5, 5.41) is 9.29. The molecule has 0 radical (unpaired) electrons. The first-order chi connectivity index (χ1) is 13.7. The number of amides is 1. The Morgan fingerprint density at radius 1 is 1.11 bits per heavy atom. The Morgan fingerprint density at radius 3 is 2.68 bits per heavy atom. The van der Waals surface area contributed by atoms with Crippen molar-refractivity contribution in [2.45, 2.75) is 19.4 Å². The molecule has 1 amide bonds. The predicted octanol–water partition coefficient (Wildman–Crippen LogP) is 2.74. The first-order valence-corrected chi connectivity index (χ1v) is 9.43. The smallest absolute Gasteiger partial charge is 0.257 e. The fraction of sp³-hybridized carbons (Fsp3) is 0.273. The molecule has 1 fully saturated rings. The van der Waals surface area contributed by atoms with Gasteiger partial charge in [0.2, 0.25) is 0 Å². The summed E-state index contributed by atoms with van der Waals surface area (Å²) in [6, 6.07) is 11.7. The lowest BCUT2D eigenvalue weighted by Gasteiger charge is -2.16. The molecule has 3 aromatic rings. The zero-order chi connectivity index (χ0) is 19.3. The highest BCUT2D eigenvalue weighted by atomic mass is 16.3. The van der Waals surface area contributed by atoms with Crippen molar-refractivity contribution in [2.75, 3.05) is 13.1 Å².